The standard InChI is InChI=1S/C17H21FN2O2/c18-14-4-3-12(13(8-14)9-19)10-20-6-1-2-16(20)15-11-22-7-5-17(15)21/h3-4,8,15-17,21H,1-2,5-7,10-11H2/t15-,16-,17+/m1/s1. The Bertz CT molecular complexity index is 572. The molecule has 4 nitrogen and oxygen atoms in total. The monoisotopic (exact) mass is 304 g/mol. The molecular formula is C17H21FN2O2. The van der Waals surface area contributed by atoms with Gasteiger partial charge in [-0.1, -0.05) is 6.07 Å². The zero-order chi connectivity index (χ0) is 15.5. The molecule has 2 fully saturated rings. The number of nitriles is 1. The van der Waals surface area contributed by atoms with Gasteiger partial charge >= 0.3 is 0 Å². The van der Waals surface area contributed by atoms with Crippen molar-refractivity contribution in [1.29, 1.82) is 5.26 Å². The van der Waals surface area contributed by atoms with Crippen molar-refractivity contribution >= 4 is 0 Å². The minimum absolute atomic E-state index is 0.127. The van der Waals surface area contributed by atoms with Gasteiger partial charge in [0.05, 0.1) is 24.3 Å². The van der Waals surface area contributed by atoms with E-state index in [1.165, 1.54) is 12.1 Å². The molecule has 3 rings (SSSR count). The molecule has 0 radical (unpaired) electrons. The fourth-order valence-electron chi connectivity index (χ4n) is 3.66. The van der Waals surface area contributed by atoms with Gasteiger partial charge < -0.3 is 9.84 Å². The van der Waals surface area contributed by atoms with E-state index in [1.807, 2.05) is 0 Å². The lowest BCUT2D eigenvalue weighted by Crippen LogP contribution is -2.45. The summed E-state index contributed by atoms with van der Waals surface area (Å²) in [5.41, 5.74) is 1.24. The molecule has 0 unspecified atom stereocenters. The number of nitrogens with zero attached hydrogens (tertiary/aromatic N) is 2. The number of likely N-dealkylation sites (tertiary alicyclic amines) is 1. The van der Waals surface area contributed by atoms with E-state index >= 15 is 0 Å². The first-order valence-corrected chi connectivity index (χ1v) is 7.87. The second-order valence-electron chi connectivity index (χ2n) is 6.19. The topological polar surface area (TPSA) is 56.5 Å². The van der Waals surface area contributed by atoms with Crippen LogP contribution >= 0.6 is 0 Å². The van der Waals surface area contributed by atoms with Gasteiger partial charge in [-0.15, -0.1) is 0 Å². The fraction of sp³-hybridized carbons (Fsp3) is 0.588. The van der Waals surface area contributed by atoms with Crippen LogP contribution in [0.25, 0.3) is 0 Å². The first kappa shape index (κ1) is 15.4. The van der Waals surface area contributed by atoms with E-state index in [4.69, 9.17) is 4.74 Å². The predicted octanol–water partition coefficient (Wildman–Crippen LogP) is 2.06. The highest BCUT2D eigenvalue weighted by Crippen LogP contribution is 2.31. The van der Waals surface area contributed by atoms with E-state index in [2.05, 4.69) is 11.0 Å². The minimum atomic E-state index is -0.380. The summed E-state index contributed by atoms with van der Waals surface area (Å²) in [6, 6.07) is 6.73. The highest BCUT2D eigenvalue weighted by Gasteiger charge is 2.37. The molecule has 2 aliphatic rings. The molecule has 118 valence electrons. The number of rotatable bonds is 3. The lowest BCUT2D eigenvalue weighted by molar-refractivity contribution is -0.0636. The van der Waals surface area contributed by atoms with Gasteiger partial charge in [0.25, 0.3) is 0 Å². The third-order valence-electron chi connectivity index (χ3n) is 4.84. The lowest BCUT2D eigenvalue weighted by atomic mass is 9.89. The molecule has 1 aromatic rings. The Kier molecular flexibility index (Phi) is 4.72. The quantitative estimate of drug-likeness (QED) is 0.928. The van der Waals surface area contributed by atoms with Crippen LogP contribution in [0.1, 0.15) is 30.4 Å². The predicted molar refractivity (Wildman–Crippen MR) is 79.5 cm³/mol. The maximum Gasteiger partial charge on any atom is 0.124 e. The summed E-state index contributed by atoms with van der Waals surface area (Å²) in [5.74, 6) is -0.253. The van der Waals surface area contributed by atoms with E-state index in [0.29, 0.717) is 31.7 Å². The summed E-state index contributed by atoms with van der Waals surface area (Å²) in [4.78, 5) is 2.30. The molecule has 2 saturated heterocycles. The second kappa shape index (κ2) is 6.74. The lowest BCUT2D eigenvalue weighted by Gasteiger charge is -2.37. The Morgan fingerprint density at radius 3 is 3.05 bits per heavy atom. The van der Waals surface area contributed by atoms with Crippen molar-refractivity contribution in [2.24, 2.45) is 5.92 Å². The molecule has 0 aromatic heterocycles. The SMILES string of the molecule is N#Cc1cc(F)ccc1CN1CCC[C@@H]1[C@H]1COCC[C@@H]1O. The molecule has 3 atom stereocenters. The Morgan fingerprint density at radius 2 is 2.27 bits per heavy atom. The van der Waals surface area contributed by atoms with Crippen LogP contribution in [0.4, 0.5) is 4.39 Å². The van der Waals surface area contributed by atoms with Crippen molar-refractivity contribution < 1.29 is 14.2 Å². The zero-order valence-electron chi connectivity index (χ0n) is 12.5. The first-order chi connectivity index (χ1) is 10.7. The Hall–Kier alpha value is -1.48. The van der Waals surface area contributed by atoms with Crippen LogP contribution in [0.15, 0.2) is 18.2 Å². The number of aliphatic hydroxyl groups excluding tert-OH is 1. The van der Waals surface area contributed by atoms with Crippen LogP contribution in [0.3, 0.4) is 0 Å². The van der Waals surface area contributed by atoms with Crippen molar-refractivity contribution in [3.8, 4) is 6.07 Å². The maximum atomic E-state index is 13.3. The second-order valence-corrected chi connectivity index (χ2v) is 6.19. The van der Waals surface area contributed by atoms with Crippen molar-refractivity contribution in [1.82, 2.24) is 4.90 Å². The van der Waals surface area contributed by atoms with Gasteiger partial charge in [-0.3, -0.25) is 4.90 Å². The molecule has 2 heterocycles. The fourth-order valence-corrected chi connectivity index (χ4v) is 3.66. The molecular weight excluding hydrogens is 283 g/mol. The van der Waals surface area contributed by atoms with Gasteiger partial charge in [0, 0.05) is 25.1 Å². The normalized spacial score (nSPS) is 29.4. The average Bonchev–Trinajstić information content (AvgIpc) is 2.97. The average molecular weight is 304 g/mol. The van der Waals surface area contributed by atoms with Crippen LogP contribution in [0.2, 0.25) is 0 Å². The van der Waals surface area contributed by atoms with Crippen molar-refractivity contribution in [3.63, 3.8) is 0 Å². The number of hydrogen-bond acceptors (Lipinski definition) is 4. The van der Waals surface area contributed by atoms with Crippen LogP contribution in [0.5, 0.6) is 0 Å². The molecule has 2 aliphatic heterocycles. The summed E-state index contributed by atoms with van der Waals surface area (Å²) in [6.45, 7) is 2.78. The van der Waals surface area contributed by atoms with Gasteiger partial charge in [0.2, 0.25) is 0 Å². The number of halogens is 1. The third kappa shape index (κ3) is 3.14. The van der Waals surface area contributed by atoms with Crippen LogP contribution in [-0.2, 0) is 11.3 Å². The molecule has 0 spiro atoms. The molecule has 0 amide bonds. The largest absolute Gasteiger partial charge is 0.393 e. The van der Waals surface area contributed by atoms with E-state index in [0.717, 1.165) is 24.9 Å². The Balaban J connectivity index is 1.75. The molecule has 0 saturated carbocycles. The minimum Gasteiger partial charge on any atom is -0.393 e. The van der Waals surface area contributed by atoms with Gasteiger partial charge in [0.15, 0.2) is 0 Å². The summed E-state index contributed by atoms with van der Waals surface area (Å²) in [7, 11) is 0. The van der Waals surface area contributed by atoms with E-state index in [1.54, 1.807) is 6.07 Å². The summed E-state index contributed by atoms with van der Waals surface area (Å²) in [6.07, 6.45) is 2.49. The van der Waals surface area contributed by atoms with E-state index in [-0.39, 0.29) is 23.9 Å². The van der Waals surface area contributed by atoms with Gasteiger partial charge in [-0.05, 0) is 43.5 Å². The summed E-state index contributed by atoms with van der Waals surface area (Å²) < 4.78 is 18.8. The third-order valence-corrected chi connectivity index (χ3v) is 4.84. The molecule has 0 aliphatic carbocycles. The van der Waals surface area contributed by atoms with Crippen molar-refractivity contribution in [2.75, 3.05) is 19.8 Å². The summed E-state index contributed by atoms with van der Waals surface area (Å²) >= 11 is 0. The molecule has 0 bridgehead atoms. The number of benzene rings is 1. The van der Waals surface area contributed by atoms with E-state index in [9.17, 15) is 14.8 Å². The molecule has 5 heteroatoms. The van der Waals surface area contributed by atoms with Crippen LogP contribution < -0.4 is 0 Å². The van der Waals surface area contributed by atoms with Crippen molar-refractivity contribution in [2.45, 2.75) is 38.0 Å². The highest BCUT2D eigenvalue weighted by atomic mass is 19.1. The zero-order valence-corrected chi connectivity index (χ0v) is 12.5. The number of aliphatic hydroxyl groups is 1. The van der Waals surface area contributed by atoms with Gasteiger partial charge in [-0.2, -0.15) is 5.26 Å². The Morgan fingerprint density at radius 1 is 1.41 bits per heavy atom. The first-order valence-electron chi connectivity index (χ1n) is 7.87. The molecule has 1 N–H and O–H groups in total. The van der Waals surface area contributed by atoms with Crippen LogP contribution in [-0.4, -0.2) is 41.9 Å². The van der Waals surface area contributed by atoms with E-state index < -0.39 is 0 Å². The highest BCUT2D eigenvalue weighted by molar-refractivity contribution is 5.38. The van der Waals surface area contributed by atoms with Gasteiger partial charge in [0.1, 0.15) is 5.82 Å². The molecule has 22 heavy (non-hydrogen) atoms. The number of hydrogen-bond donors (Lipinski definition) is 1. The number of ether oxygens (including phenoxy) is 1. The summed E-state index contributed by atoms with van der Waals surface area (Å²) in [5, 5.41) is 19.4. The van der Waals surface area contributed by atoms with Crippen LogP contribution in [0, 0.1) is 23.1 Å². The maximum absolute atomic E-state index is 13.3. The van der Waals surface area contributed by atoms with Gasteiger partial charge in [-0.25, -0.2) is 4.39 Å². The smallest absolute Gasteiger partial charge is 0.124 e. The van der Waals surface area contributed by atoms with Crippen molar-refractivity contribution in [3.05, 3.63) is 35.1 Å². The Labute approximate surface area is 130 Å². The molecule has 1 aromatic carbocycles.